The van der Waals surface area contributed by atoms with Gasteiger partial charge in [-0.15, -0.1) is 24.0 Å². The third-order valence-corrected chi connectivity index (χ3v) is 3.12. The van der Waals surface area contributed by atoms with Gasteiger partial charge in [-0.1, -0.05) is 6.42 Å². The first-order chi connectivity index (χ1) is 7.24. The van der Waals surface area contributed by atoms with Crippen LogP contribution in [0, 0.1) is 0 Å². The van der Waals surface area contributed by atoms with Crippen LogP contribution in [0.4, 0.5) is 0 Å². The monoisotopic (exact) mass is 340 g/mol. The topological polar surface area (TPSA) is 53.6 Å². The first-order valence-corrected chi connectivity index (χ1v) is 5.94. The van der Waals surface area contributed by atoms with Crippen LogP contribution >= 0.6 is 24.0 Å². The number of guanidine groups is 1. The molecule has 1 atom stereocenters. The highest BCUT2D eigenvalue weighted by Gasteiger charge is 2.15. The summed E-state index contributed by atoms with van der Waals surface area (Å²) < 4.78 is 0. The van der Waals surface area contributed by atoms with Crippen LogP contribution in [-0.4, -0.2) is 43.6 Å². The van der Waals surface area contributed by atoms with Gasteiger partial charge >= 0.3 is 0 Å². The molecule has 0 radical (unpaired) electrons. The Morgan fingerprint density at radius 3 is 2.56 bits per heavy atom. The van der Waals surface area contributed by atoms with Gasteiger partial charge in [0.25, 0.3) is 0 Å². The summed E-state index contributed by atoms with van der Waals surface area (Å²) in [5.41, 5.74) is 5.56. The van der Waals surface area contributed by atoms with Gasteiger partial charge in [-0.05, 0) is 39.3 Å². The van der Waals surface area contributed by atoms with Crippen LogP contribution in [0.25, 0.3) is 0 Å². The number of hydrogen-bond acceptors (Lipinski definition) is 2. The van der Waals surface area contributed by atoms with Gasteiger partial charge in [0, 0.05) is 19.6 Å². The molecule has 0 aliphatic carbocycles. The Bertz CT molecular complexity index is 202. The zero-order valence-corrected chi connectivity index (χ0v) is 12.7. The molecule has 0 aromatic carbocycles. The molecule has 16 heavy (non-hydrogen) atoms. The van der Waals surface area contributed by atoms with E-state index in [0.717, 1.165) is 13.0 Å². The number of halogens is 1. The van der Waals surface area contributed by atoms with E-state index in [1.54, 1.807) is 7.05 Å². The maximum absolute atomic E-state index is 5.56. The van der Waals surface area contributed by atoms with Crippen LogP contribution in [0.3, 0.4) is 0 Å². The minimum absolute atomic E-state index is 0. The third-order valence-electron chi connectivity index (χ3n) is 3.12. The smallest absolute Gasteiger partial charge is 0.188 e. The van der Waals surface area contributed by atoms with Crippen LogP contribution in [0.15, 0.2) is 4.99 Å². The summed E-state index contributed by atoms with van der Waals surface area (Å²) in [7, 11) is 1.70. The highest BCUT2D eigenvalue weighted by molar-refractivity contribution is 14.0. The van der Waals surface area contributed by atoms with Crippen molar-refractivity contribution in [3.05, 3.63) is 0 Å². The van der Waals surface area contributed by atoms with Gasteiger partial charge < -0.3 is 16.0 Å². The molecule has 1 unspecified atom stereocenters. The van der Waals surface area contributed by atoms with E-state index >= 15 is 0 Å². The summed E-state index contributed by atoms with van der Waals surface area (Å²) in [6.45, 7) is 5.74. The summed E-state index contributed by atoms with van der Waals surface area (Å²) in [4.78, 5) is 6.44. The Morgan fingerprint density at radius 2 is 2.00 bits per heavy atom. The van der Waals surface area contributed by atoms with Crippen molar-refractivity contribution in [2.24, 2.45) is 10.7 Å². The number of hydrogen-bond donors (Lipinski definition) is 2. The van der Waals surface area contributed by atoms with Gasteiger partial charge in [0.15, 0.2) is 5.96 Å². The van der Waals surface area contributed by atoms with Crippen molar-refractivity contribution < 1.29 is 0 Å². The van der Waals surface area contributed by atoms with Crippen molar-refractivity contribution in [1.29, 1.82) is 0 Å². The van der Waals surface area contributed by atoms with Crippen molar-refractivity contribution in [3.63, 3.8) is 0 Å². The van der Waals surface area contributed by atoms with Crippen molar-refractivity contribution in [1.82, 2.24) is 10.2 Å². The highest BCUT2D eigenvalue weighted by Crippen LogP contribution is 2.13. The molecule has 0 amide bonds. The molecule has 4 nitrogen and oxygen atoms in total. The molecule has 1 aliphatic rings. The third kappa shape index (κ3) is 5.89. The molecule has 0 aromatic heterocycles. The van der Waals surface area contributed by atoms with Crippen LogP contribution in [-0.2, 0) is 0 Å². The lowest BCUT2D eigenvalue weighted by molar-refractivity contribution is 0.167. The second-order valence-electron chi connectivity index (χ2n) is 4.27. The van der Waals surface area contributed by atoms with E-state index in [-0.39, 0.29) is 24.0 Å². The molecular weight excluding hydrogens is 315 g/mol. The number of nitrogens with one attached hydrogen (secondary N) is 1. The summed E-state index contributed by atoms with van der Waals surface area (Å²) in [6, 6.07) is 0.655. The lowest BCUT2D eigenvalue weighted by atomic mass is 10.1. The maximum Gasteiger partial charge on any atom is 0.188 e. The molecule has 5 heteroatoms. The molecule has 0 bridgehead atoms. The minimum Gasteiger partial charge on any atom is -0.370 e. The summed E-state index contributed by atoms with van der Waals surface area (Å²) in [6.07, 6.45) is 5.25. The first kappa shape index (κ1) is 16.0. The maximum atomic E-state index is 5.56. The highest BCUT2D eigenvalue weighted by atomic mass is 127. The van der Waals surface area contributed by atoms with Gasteiger partial charge in [-0.25, -0.2) is 0 Å². The molecule has 0 saturated carbocycles. The molecule has 0 aromatic rings. The first-order valence-electron chi connectivity index (χ1n) is 5.94. The molecule has 0 spiro atoms. The molecule has 1 heterocycles. The van der Waals surface area contributed by atoms with E-state index in [4.69, 9.17) is 5.73 Å². The number of piperidine rings is 1. The second-order valence-corrected chi connectivity index (χ2v) is 4.27. The van der Waals surface area contributed by atoms with Gasteiger partial charge in [0.1, 0.15) is 0 Å². The van der Waals surface area contributed by atoms with Crippen LogP contribution in [0.5, 0.6) is 0 Å². The molecule has 1 saturated heterocycles. The molecule has 1 aliphatic heterocycles. The lowest BCUT2D eigenvalue weighted by Gasteiger charge is -2.32. The van der Waals surface area contributed by atoms with E-state index < -0.39 is 0 Å². The molecule has 1 rings (SSSR count). The molecule has 3 N–H and O–H groups in total. The van der Waals surface area contributed by atoms with E-state index in [9.17, 15) is 0 Å². The predicted molar refractivity (Wildman–Crippen MR) is 80.5 cm³/mol. The van der Waals surface area contributed by atoms with E-state index in [1.807, 2.05) is 0 Å². The number of aliphatic imine (C=N–C) groups is 1. The Kier molecular flexibility index (Phi) is 9.02. The summed E-state index contributed by atoms with van der Waals surface area (Å²) in [5, 5.41) is 3.10. The Labute approximate surface area is 116 Å². The van der Waals surface area contributed by atoms with Crippen molar-refractivity contribution >= 4 is 29.9 Å². The number of nitrogens with two attached hydrogens (primary N) is 1. The fraction of sp³-hybridized carbons (Fsp3) is 0.909. The van der Waals surface area contributed by atoms with Gasteiger partial charge in [0.2, 0.25) is 0 Å². The zero-order valence-electron chi connectivity index (χ0n) is 10.4. The minimum atomic E-state index is 0. The quantitative estimate of drug-likeness (QED) is 0.462. The predicted octanol–water partition coefficient (Wildman–Crippen LogP) is 1.40. The van der Waals surface area contributed by atoms with Gasteiger partial charge in [-0.2, -0.15) is 0 Å². The Morgan fingerprint density at radius 1 is 1.38 bits per heavy atom. The second kappa shape index (κ2) is 9.04. The molecular formula is C11H25IN4. The fourth-order valence-electron chi connectivity index (χ4n) is 2.03. The largest absolute Gasteiger partial charge is 0.370 e. The van der Waals surface area contributed by atoms with Gasteiger partial charge in [-0.3, -0.25) is 4.99 Å². The lowest BCUT2D eigenvalue weighted by Crippen LogP contribution is -2.40. The average molecular weight is 340 g/mol. The number of nitrogens with zero attached hydrogens (tertiary/aromatic N) is 2. The van der Waals surface area contributed by atoms with Crippen LogP contribution in [0.1, 0.15) is 32.6 Å². The Balaban J connectivity index is 0.00000225. The van der Waals surface area contributed by atoms with E-state index in [2.05, 4.69) is 22.1 Å². The standard InChI is InChI=1S/C11H24N4.HI/c1-10(6-7-14-11(12)13-2)15-8-4-3-5-9-15;/h10H,3-9H2,1-2H3,(H3,12,13,14);1H. The zero-order chi connectivity index (χ0) is 11.1. The van der Waals surface area contributed by atoms with E-state index in [1.165, 1.54) is 32.4 Å². The van der Waals surface area contributed by atoms with E-state index in [0.29, 0.717) is 12.0 Å². The molecule has 96 valence electrons. The van der Waals surface area contributed by atoms with Crippen molar-refractivity contribution in [2.45, 2.75) is 38.6 Å². The van der Waals surface area contributed by atoms with Crippen LogP contribution < -0.4 is 11.1 Å². The Hall–Kier alpha value is -0.0400. The fourth-order valence-corrected chi connectivity index (χ4v) is 2.03. The van der Waals surface area contributed by atoms with Crippen molar-refractivity contribution in [2.75, 3.05) is 26.7 Å². The normalized spacial score (nSPS) is 20.0. The summed E-state index contributed by atoms with van der Waals surface area (Å²) >= 11 is 0. The van der Waals surface area contributed by atoms with Gasteiger partial charge in [0.05, 0.1) is 0 Å². The van der Waals surface area contributed by atoms with Crippen LogP contribution in [0.2, 0.25) is 0 Å². The number of likely N-dealkylation sites (tertiary alicyclic amines) is 1. The SMILES string of the molecule is CN=C(N)NCCC(C)N1CCCCC1.I. The van der Waals surface area contributed by atoms with Crippen molar-refractivity contribution in [3.8, 4) is 0 Å². The average Bonchev–Trinajstić information content (AvgIpc) is 2.29. The number of rotatable bonds is 4. The molecule has 1 fully saturated rings. The summed E-state index contributed by atoms with van der Waals surface area (Å²) in [5.74, 6) is 0.542.